The van der Waals surface area contributed by atoms with Crippen molar-refractivity contribution in [2.45, 2.75) is 70.6 Å². The molecule has 0 fully saturated rings. The smallest absolute Gasteiger partial charge is 0.220 e. The van der Waals surface area contributed by atoms with Crippen molar-refractivity contribution in [3.8, 4) is 0 Å². The number of aliphatic hydroxyl groups excluding tert-OH is 1. The van der Waals surface area contributed by atoms with Gasteiger partial charge in [0, 0.05) is 13.0 Å². The number of nitrogens with one attached hydrogen (secondary N) is 2. The molecule has 0 radical (unpaired) electrons. The molecule has 1 aromatic rings. The number of carbonyl (C=O) groups is 2. The number of primary amides is 1. The first kappa shape index (κ1) is 22.1. The van der Waals surface area contributed by atoms with Gasteiger partial charge in [0.2, 0.25) is 11.8 Å². The average molecular weight is 364 g/mol. The van der Waals surface area contributed by atoms with Crippen LogP contribution in [0.25, 0.3) is 0 Å². The Morgan fingerprint density at radius 2 is 1.81 bits per heavy atom. The van der Waals surface area contributed by atoms with Crippen LogP contribution in [-0.2, 0) is 16.0 Å². The molecule has 0 aliphatic carbocycles. The van der Waals surface area contributed by atoms with Crippen LogP contribution in [0.4, 0.5) is 0 Å². The van der Waals surface area contributed by atoms with E-state index in [9.17, 15) is 14.7 Å². The first-order chi connectivity index (χ1) is 12.5. The lowest BCUT2D eigenvalue weighted by atomic mass is 10.1. The number of nitrogens with two attached hydrogens (primary N) is 1. The van der Waals surface area contributed by atoms with E-state index in [0.717, 1.165) is 37.7 Å². The first-order valence-corrected chi connectivity index (χ1v) is 9.56. The summed E-state index contributed by atoms with van der Waals surface area (Å²) in [5.74, 6) is -0.709. The molecule has 1 aromatic carbocycles. The van der Waals surface area contributed by atoms with Gasteiger partial charge in [-0.25, -0.2) is 0 Å². The standard InChI is InChI=1S/C20H33N3O3/c1-2-3-4-5-9-12-19(25)23-17(15-18(21)24)20(26)22-14-13-16-10-7-6-8-11-16/h6-8,10-11,17,20,22,26H,2-5,9,12-15H2,1H3,(H2,21,24)(H,23,25)/t17-,20-/m0/s1. The van der Waals surface area contributed by atoms with Crippen LogP contribution in [0.15, 0.2) is 30.3 Å². The van der Waals surface area contributed by atoms with Gasteiger partial charge in [-0.1, -0.05) is 62.9 Å². The quantitative estimate of drug-likeness (QED) is 0.299. The zero-order valence-corrected chi connectivity index (χ0v) is 15.7. The van der Waals surface area contributed by atoms with Gasteiger partial charge >= 0.3 is 0 Å². The number of carbonyl (C=O) groups excluding carboxylic acids is 2. The zero-order chi connectivity index (χ0) is 19.2. The van der Waals surface area contributed by atoms with Crippen LogP contribution in [0.3, 0.4) is 0 Å². The number of aliphatic hydroxyl groups is 1. The van der Waals surface area contributed by atoms with Crippen molar-refractivity contribution in [2.75, 3.05) is 6.54 Å². The molecule has 0 saturated carbocycles. The monoisotopic (exact) mass is 363 g/mol. The summed E-state index contributed by atoms with van der Waals surface area (Å²) in [6, 6.07) is 9.17. The summed E-state index contributed by atoms with van der Waals surface area (Å²) < 4.78 is 0. The lowest BCUT2D eigenvalue weighted by Gasteiger charge is -2.24. The van der Waals surface area contributed by atoms with Crippen molar-refractivity contribution >= 4 is 11.8 Å². The lowest BCUT2D eigenvalue weighted by Crippen LogP contribution is -2.52. The average Bonchev–Trinajstić information content (AvgIpc) is 2.61. The van der Waals surface area contributed by atoms with Gasteiger partial charge in [0.15, 0.2) is 0 Å². The molecule has 5 N–H and O–H groups in total. The maximum Gasteiger partial charge on any atom is 0.220 e. The molecule has 1 rings (SSSR count). The highest BCUT2D eigenvalue weighted by molar-refractivity contribution is 5.78. The Hall–Kier alpha value is -1.92. The fraction of sp³-hybridized carbons (Fsp3) is 0.600. The van der Waals surface area contributed by atoms with E-state index in [0.29, 0.717) is 13.0 Å². The number of hydrogen-bond donors (Lipinski definition) is 4. The van der Waals surface area contributed by atoms with Crippen molar-refractivity contribution in [3.05, 3.63) is 35.9 Å². The van der Waals surface area contributed by atoms with E-state index in [2.05, 4.69) is 17.6 Å². The fourth-order valence-corrected chi connectivity index (χ4v) is 2.78. The second-order valence-electron chi connectivity index (χ2n) is 6.64. The highest BCUT2D eigenvalue weighted by atomic mass is 16.3. The summed E-state index contributed by atoms with van der Waals surface area (Å²) in [7, 11) is 0. The van der Waals surface area contributed by atoms with E-state index in [1.54, 1.807) is 0 Å². The van der Waals surface area contributed by atoms with Crippen molar-refractivity contribution in [2.24, 2.45) is 5.73 Å². The Balaban J connectivity index is 2.38. The maximum atomic E-state index is 12.1. The third-order valence-electron chi connectivity index (χ3n) is 4.27. The number of benzene rings is 1. The van der Waals surface area contributed by atoms with Crippen molar-refractivity contribution in [1.29, 1.82) is 0 Å². The van der Waals surface area contributed by atoms with Gasteiger partial charge in [-0.05, 0) is 18.4 Å². The second kappa shape index (κ2) is 13.3. The number of amides is 2. The van der Waals surface area contributed by atoms with Crippen molar-refractivity contribution < 1.29 is 14.7 Å². The van der Waals surface area contributed by atoms with E-state index in [4.69, 9.17) is 5.73 Å². The van der Waals surface area contributed by atoms with Crippen LogP contribution >= 0.6 is 0 Å². The molecule has 6 nitrogen and oxygen atoms in total. The summed E-state index contributed by atoms with van der Waals surface area (Å²) >= 11 is 0. The van der Waals surface area contributed by atoms with Gasteiger partial charge in [-0.3, -0.25) is 14.9 Å². The molecule has 0 unspecified atom stereocenters. The van der Waals surface area contributed by atoms with E-state index >= 15 is 0 Å². The molecular weight excluding hydrogens is 330 g/mol. The van der Waals surface area contributed by atoms with Gasteiger partial charge in [-0.15, -0.1) is 0 Å². The molecule has 0 bridgehead atoms. The van der Waals surface area contributed by atoms with Gasteiger partial charge in [0.1, 0.15) is 6.23 Å². The van der Waals surface area contributed by atoms with Crippen LogP contribution in [-0.4, -0.2) is 35.7 Å². The summed E-state index contributed by atoms with van der Waals surface area (Å²) in [4.78, 5) is 23.3. The highest BCUT2D eigenvalue weighted by Crippen LogP contribution is 2.06. The lowest BCUT2D eigenvalue weighted by molar-refractivity contribution is -0.124. The van der Waals surface area contributed by atoms with Gasteiger partial charge < -0.3 is 16.2 Å². The maximum absolute atomic E-state index is 12.1. The first-order valence-electron chi connectivity index (χ1n) is 9.56. The third kappa shape index (κ3) is 10.2. The Morgan fingerprint density at radius 3 is 2.46 bits per heavy atom. The molecule has 0 saturated heterocycles. The predicted molar refractivity (Wildman–Crippen MR) is 103 cm³/mol. The molecule has 6 heteroatoms. The normalized spacial score (nSPS) is 13.2. The van der Waals surface area contributed by atoms with E-state index < -0.39 is 18.2 Å². The Labute approximate surface area is 156 Å². The minimum atomic E-state index is -1.02. The largest absolute Gasteiger partial charge is 0.376 e. The third-order valence-corrected chi connectivity index (χ3v) is 4.27. The molecule has 0 aromatic heterocycles. The van der Waals surface area contributed by atoms with Crippen molar-refractivity contribution in [3.63, 3.8) is 0 Å². The zero-order valence-electron chi connectivity index (χ0n) is 15.7. The minimum absolute atomic E-state index is 0.0962. The Bertz CT molecular complexity index is 522. The van der Waals surface area contributed by atoms with Crippen LogP contribution in [0.1, 0.15) is 57.4 Å². The van der Waals surface area contributed by atoms with Gasteiger partial charge in [0.05, 0.1) is 12.5 Å². The molecule has 0 spiro atoms. The highest BCUT2D eigenvalue weighted by Gasteiger charge is 2.22. The van der Waals surface area contributed by atoms with Gasteiger partial charge in [-0.2, -0.15) is 0 Å². The fourth-order valence-electron chi connectivity index (χ4n) is 2.78. The molecule has 26 heavy (non-hydrogen) atoms. The van der Waals surface area contributed by atoms with Gasteiger partial charge in [0.25, 0.3) is 0 Å². The molecule has 0 aliphatic rings. The van der Waals surface area contributed by atoms with Crippen LogP contribution in [0.2, 0.25) is 0 Å². The van der Waals surface area contributed by atoms with Crippen molar-refractivity contribution in [1.82, 2.24) is 10.6 Å². The number of unbranched alkanes of at least 4 members (excludes halogenated alkanes) is 4. The summed E-state index contributed by atoms with van der Waals surface area (Å²) in [5, 5.41) is 16.0. The van der Waals surface area contributed by atoms with E-state index in [1.165, 1.54) is 6.42 Å². The molecule has 146 valence electrons. The number of rotatable bonds is 14. The summed E-state index contributed by atoms with van der Waals surface area (Å²) in [6.45, 7) is 2.68. The van der Waals surface area contributed by atoms with E-state index in [1.807, 2.05) is 30.3 Å². The second-order valence-corrected chi connectivity index (χ2v) is 6.64. The molecule has 0 heterocycles. The SMILES string of the molecule is CCCCCCCC(=O)N[C@@H](CC(N)=O)[C@H](O)NCCc1ccccc1. The minimum Gasteiger partial charge on any atom is -0.376 e. The van der Waals surface area contributed by atoms with E-state index in [-0.39, 0.29) is 12.3 Å². The number of hydrogen-bond acceptors (Lipinski definition) is 4. The Morgan fingerprint density at radius 1 is 1.12 bits per heavy atom. The molecular formula is C20H33N3O3. The molecule has 2 atom stereocenters. The van der Waals surface area contributed by atoms with Crippen LogP contribution in [0.5, 0.6) is 0 Å². The predicted octanol–water partition coefficient (Wildman–Crippen LogP) is 1.86. The summed E-state index contributed by atoms with van der Waals surface area (Å²) in [5.41, 5.74) is 6.40. The topological polar surface area (TPSA) is 104 Å². The Kier molecular flexibility index (Phi) is 11.3. The molecule has 2 amide bonds. The summed E-state index contributed by atoms with van der Waals surface area (Å²) in [6.07, 6.45) is 5.31. The van der Waals surface area contributed by atoms with Crippen LogP contribution < -0.4 is 16.4 Å². The van der Waals surface area contributed by atoms with Crippen LogP contribution in [0, 0.1) is 0 Å². The molecule has 0 aliphatic heterocycles.